The van der Waals surface area contributed by atoms with E-state index < -0.39 is 0 Å². The van der Waals surface area contributed by atoms with Gasteiger partial charge in [-0.05, 0) is 18.2 Å². The van der Waals surface area contributed by atoms with Crippen molar-refractivity contribution in [3.05, 3.63) is 28.9 Å². The molecule has 3 rings (SSSR count). The zero-order valence-electron chi connectivity index (χ0n) is 9.37. The summed E-state index contributed by atoms with van der Waals surface area (Å²) in [4.78, 5) is 27.5. The molecule has 0 radical (unpaired) electrons. The standard InChI is InChI=1S/C12H10BrN3O2/c13-9-5-7(6-10-8(9)1-3-14-10)16-4-2-11(17)15-12(16)18/h1,3,5-6,14H,2,4H2,(H,15,17,18). The van der Waals surface area contributed by atoms with Gasteiger partial charge in [-0.25, -0.2) is 4.79 Å². The molecule has 0 atom stereocenters. The van der Waals surface area contributed by atoms with E-state index in [1.165, 1.54) is 0 Å². The van der Waals surface area contributed by atoms with Gasteiger partial charge < -0.3 is 4.98 Å². The third kappa shape index (κ3) is 1.78. The Morgan fingerprint density at radius 1 is 1.28 bits per heavy atom. The second-order valence-electron chi connectivity index (χ2n) is 4.12. The summed E-state index contributed by atoms with van der Waals surface area (Å²) < 4.78 is 0.918. The molecule has 1 fully saturated rings. The van der Waals surface area contributed by atoms with E-state index in [1.54, 1.807) is 4.90 Å². The number of anilines is 1. The summed E-state index contributed by atoms with van der Waals surface area (Å²) in [7, 11) is 0. The molecular formula is C12H10BrN3O2. The lowest BCUT2D eigenvalue weighted by atomic mass is 10.2. The first-order chi connectivity index (χ1) is 8.65. The Morgan fingerprint density at radius 2 is 2.11 bits per heavy atom. The number of aromatic nitrogens is 1. The molecule has 5 nitrogen and oxygen atoms in total. The van der Waals surface area contributed by atoms with E-state index in [1.807, 2.05) is 24.4 Å². The van der Waals surface area contributed by atoms with Crippen molar-refractivity contribution in [3.8, 4) is 0 Å². The highest BCUT2D eigenvalue weighted by Gasteiger charge is 2.24. The molecule has 0 unspecified atom stereocenters. The zero-order chi connectivity index (χ0) is 12.7. The molecule has 1 aromatic carbocycles. The molecule has 2 heterocycles. The first-order valence-corrected chi connectivity index (χ1v) is 6.32. The number of urea groups is 1. The van der Waals surface area contributed by atoms with Crippen LogP contribution in [0.1, 0.15) is 6.42 Å². The number of carbonyl (C=O) groups excluding carboxylic acids is 2. The number of nitrogens with one attached hydrogen (secondary N) is 2. The van der Waals surface area contributed by atoms with E-state index in [4.69, 9.17) is 0 Å². The van der Waals surface area contributed by atoms with E-state index >= 15 is 0 Å². The summed E-state index contributed by atoms with van der Waals surface area (Å²) >= 11 is 3.48. The summed E-state index contributed by atoms with van der Waals surface area (Å²) in [6, 6.07) is 5.37. The minimum absolute atomic E-state index is 0.226. The van der Waals surface area contributed by atoms with Gasteiger partial charge in [-0.2, -0.15) is 0 Å². The minimum atomic E-state index is -0.371. The van der Waals surface area contributed by atoms with Crippen LogP contribution in [-0.2, 0) is 4.79 Å². The molecule has 18 heavy (non-hydrogen) atoms. The van der Waals surface area contributed by atoms with Crippen molar-refractivity contribution in [2.24, 2.45) is 0 Å². The Bertz CT molecular complexity index is 650. The third-order valence-corrected chi connectivity index (χ3v) is 3.62. The number of benzene rings is 1. The number of amides is 3. The summed E-state index contributed by atoms with van der Waals surface area (Å²) in [5.41, 5.74) is 1.71. The normalized spacial score (nSPS) is 16.2. The number of carbonyl (C=O) groups is 2. The summed E-state index contributed by atoms with van der Waals surface area (Å²) in [5.74, 6) is -0.226. The second kappa shape index (κ2) is 4.13. The number of H-pyrrole nitrogens is 1. The van der Waals surface area contributed by atoms with Gasteiger partial charge in [0.05, 0.1) is 0 Å². The number of hydrogen-bond acceptors (Lipinski definition) is 2. The van der Waals surface area contributed by atoms with Crippen molar-refractivity contribution >= 4 is 44.5 Å². The number of imide groups is 1. The van der Waals surface area contributed by atoms with Crippen LogP contribution in [0.25, 0.3) is 10.9 Å². The van der Waals surface area contributed by atoms with Crippen LogP contribution in [-0.4, -0.2) is 23.5 Å². The molecule has 92 valence electrons. The Morgan fingerprint density at radius 3 is 2.89 bits per heavy atom. The SMILES string of the molecule is O=C1CCN(c2cc(Br)c3cc[nH]c3c2)C(=O)N1. The Labute approximate surface area is 111 Å². The van der Waals surface area contributed by atoms with Crippen LogP contribution in [0, 0.1) is 0 Å². The third-order valence-electron chi connectivity index (χ3n) is 2.97. The first kappa shape index (κ1) is 11.3. The average molecular weight is 308 g/mol. The van der Waals surface area contributed by atoms with Gasteiger partial charge in [-0.1, -0.05) is 15.9 Å². The van der Waals surface area contributed by atoms with E-state index in [2.05, 4.69) is 26.2 Å². The average Bonchev–Trinajstić information content (AvgIpc) is 2.77. The highest BCUT2D eigenvalue weighted by Crippen LogP contribution is 2.30. The van der Waals surface area contributed by atoms with E-state index in [0.717, 1.165) is 21.1 Å². The first-order valence-electron chi connectivity index (χ1n) is 5.53. The number of hydrogen-bond donors (Lipinski definition) is 2. The number of nitrogens with zero attached hydrogens (tertiary/aromatic N) is 1. The fourth-order valence-corrected chi connectivity index (χ4v) is 2.65. The van der Waals surface area contributed by atoms with Crippen molar-refractivity contribution in [2.45, 2.75) is 6.42 Å². The topological polar surface area (TPSA) is 65.2 Å². The van der Waals surface area contributed by atoms with Gasteiger partial charge in [-0.3, -0.25) is 15.0 Å². The molecular weight excluding hydrogens is 298 g/mol. The predicted octanol–water partition coefficient (Wildman–Crippen LogP) is 2.38. The molecule has 2 N–H and O–H groups in total. The fraction of sp³-hybridized carbons (Fsp3) is 0.167. The molecule has 2 aromatic rings. The van der Waals surface area contributed by atoms with E-state index in [9.17, 15) is 9.59 Å². The molecule has 1 saturated heterocycles. The molecule has 0 spiro atoms. The van der Waals surface area contributed by atoms with Crippen LogP contribution in [0.5, 0.6) is 0 Å². The summed E-state index contributed by atoms with van der Waals surface area (Å²) in [5, 5.41) is 3.37. The lowest BCUT2D eigenvalue weighted by molar-refractivity contribution is -0.120. The monoisotopic (exact) mass is 307 g/mol. The molecule has 6 heteroatoms. The molecule has 1 aliphatic heterocycles. The maximum atomic E-state index is 11.8. The van der Waals surface area contributed by atoms with Gasteiger partial charge in [0.1, 0.15) is 0 Å². The van der Waals surface area contributed by atoms with Crippen LogP contribution in [0.2, 0.25) is 0 Å². The van der Waals surface area contributed by atoms with Crippen molar-refractivity contribution < 1.29 is 9.59 Å². The van der Waals surface area contributed by atoms with Gasteiger partial charge in [0.2, 0.25) is 5.91 Å². The van der Waals surface area contributed by atoms with Crippen LogP contribution < -0.4 is 10.2 Å². The zero-order valence-corrected chi connectivity index (χ0v) is 11.0. The maximum Gasteiger partial charge on any atom is 0.328 e. The second-order valence-corrected chi connectivity index (χ2v) is 4.98. The minimum Gasteiger partial charge on any atom is -0.361 e. The number of fused-ring (bicyclic) bond motifs is 1. The molecule has 0 aliphatic carbocycles. The smallest absolute Gasteiger partial charge is 0.328 e. The van der Waals surface area contributed by atoms with Gasteiger partial charge in [-0.15, -0.1) is 0 Å². The van der Waals surface area contributed by atoms with Crippen molar-refractivity contribution in [3.63, 3.8) is 0 Å². The van der Waals surface area contributed by atoms with Crippen LogP contribution in [0.3, 0.4) is 0 Å². The lowest BCUT2D eigenvalue weighted by Gasteiger charge is -2.26. The summed E-state index contributed by atoms with van der Waals surface area (Å²) in [6.07, 6.45) is 2.17. The van der Waals surface area contributed by atoms with Crippen LogP contribution in [0.4, 0.5) is 10.5 Å². The molecule has 1 aliphatic rings. The quantitative estimate of drug-likeness (QED) is 0.849. The highest BCUT2D eigenvalue weighted by atomic mass is 79.9. The molecule has 0 bridgehead atoms. The summed E-state index contributed by atoms with van der Waals surface area (Å²) in [6.45, 7) is 0.406. The van der Waals surface area contributed by atoms with Crippen LogP contribution in [0.15, 0.2) is 28.9 Å². The Hall–Kier alpha value is -1.82. The molecule has 1 aromatic heterocycles. The van der Waals surface area contributed by atoms with Crippen molar-refractivity contribution in [1.29, 1.82) is 0 Å². The van der Waals surface area contributed by atoms with Crippen molar-refractivity contribution in [2.75, 3.05) is 11.4 Å². The maximum absolute atomic E-state index is 11.8. The van der Waals surface area contributed by atoms with E-state index in [0.29, 0.717) is 13.0 Å². The van der Waals surface area contributed by atoms with E-state index in [-0.39, 0.29) is 11.9 Å². The number of halogens is 1. The fourth-order valence-electron chi connectivity index (χ4n) is 2.07. The Kier molecular flexibility index (Phi) is 2.59. The van der Waals surface area contributed by atoms with Gasteiger partial charge in [0.25, 0.3) is 0 Å². The van der Waals surface area contributed by atoms with Gasteiger partial charge in [0.15, 0.2) is 0 Å². The van der Waals surface area contributed by atoms with Gasteiger partial charge in [0, 0.05) is 40.2 Å². The Balaban J connectivity index is 2.03. The lowest BCUT2D eigenvalue weighted by Crippen LogP contribution is -2.49. The predicted molar refractivity (Wildman–Crippen MR) is 71.5 cm³/mol. The molecule has 3 amide bonds. The number of rotatable bonds is 1. The largest absolute Gasteiger partial charge is 0.361 e. The van der Waals surface area contributed by atoms with Gasteiger partial charge >= 0.3 is 6.03 Å². The van der Waals surface area contributed by atoms with Crippen molar-refractivity contribution in [1.82, 2.24) is 10.3 Å². The number of aromatic amines is 1. The molecule has 0 saturated carbocycles. The van der Waals surface area contributed by atoms with Crippen LogP contribution >= 0.6 is 15.9 Å². The highest BCUT2D eigenvalue weighted by molar-refractivity contribution is 9.10.